The van der Waals surface area contributed by atoms with Crippen LogP contribution < -0.4 is 5.32 Å². The minimum Gasteiger partial charge on any atom is -0.395 e. The van der Waals surface area contributed by atoms with Gasteiger partial charge in [-0.3, -0.25) is 4.79 Å². The van der Waals surface area contributed by atoms with Gasteiger partial charge in [0.15, 0.2) is 0 Å². The van der Waals surface area contributed by atoms with Gasteiger partial charge in [0.1, 0.15) is 0 Å². The average Bonchev–Trinajstić information content (AvgIpc) is 2.47. The number of aliphatic hydroxyl groups is 1. The van der Waals surface area contributed by atoms with Crippen LogP contribution in [0, 0.1) is 0 Å². The first kappa shape index (κ1) is 9.86. The van der Waals surface area contributed by atoms with Gasteiger partial charge in [-0.2, -0.15) is 11.8 Å². The normalized spacial score (nSPS) is 25.5. The van der Waals surface area contributed by atoms with Crippen LogP contribution in [0.1, 0.15) is 19.8 Å². The summed E-state index contributed by atoms with van der Waals surface area (Å²) in [5.41, 5.74) is 0. The van der Waals surface area contributed by atoms with E-state index in [1.165, 1.54) is 0 Å². The highest BCUT2D eigenvalue weighted by molar-refractivity contribution is 7.99. The van der Waals surface area contributed by atoms with E-state index in [2.05, 4.69) is 5.32 Å². The molecule has 0 aromatic rings. The van der Waals surface area contributed by atoms with Crippen molar-refractivity contribution in [2.24, 2.45) is 0 Å². The molecular weight excluding hydrogens is 174 g/mol. The molecule has 2 N–H and O–H groups in total. The second-order valence-corrected chi connectivity index (χ2v) is 4.60. The Labute approximate surface area is 76.9 Å². The summed E-state index contributed by atoms with van der Waals surface area (Å²) in [7, 11) is 0. The third kappa shape index (κ3) is 3.03. The zero-order valence-electron chi connectivity index (χ0n) is 7.25. The van der Waals surface area contributed by atoms with Crippen LogP contribution in [0.25, 0.3) is 0 Å². The molecule has 0 saturated carbocycles. The van der Waals surface area contributed by atoms with Gasteiger partial charge in [0.25, 0.3) is 0 Å². The summed E-state index contributed by atoms with van der Waals surface area (Å²) in [6, 6.07) is 0.330. The summed E-state index contributed by atoms with van der Waals surface area (Å²) in [5.74, 6) is 1.09. The van der Waals surface area contributed by atoms with E-state index in [4.69, 9.17) is 5.11 Å². The summed E-state index contributed by atoms with van der Waals surface area (Å²) in [6.07, 6.45) is 1.61. The van der Waals surface area contributed by atoms with Gasteiger partial charge in [0.05, 0.1) is 6.61 Å². The van der Waals surface area contributed by atoms with Crippen LogP contribution in [-0.4, -0.2) is 34.7 Å². The molecule has 2 unspecified atom stereocenters. The van der Waals surface area contributed by atoms with E-state index in [0.717, 1.165) is 12.2 Å². The molecule has 0 aliphatic carbocycles. The molecule has 12 heavy (non-hydrogen) atoms. The van der Waals surface area contributed by atoms with Crippen molar-refractivity contribution in [3.05, 3.63) is 0 Å². The fourth-order valence-corrected chi connectivity index (χ4v) is 2.05. The van der Waals surface area contributed by atoms with Crippen LogP contribution in [0.5, 0.6) is 0 Å². The Hall–Kier alpha value is -0.220. The van der Waals surface area contributed by atoms with Gasteiger partial charge in [-0.15, -0.1) is 0 Å². The standard InChI is InChI=1S/C8H15NO2S/c1-6(4-10)12-5-7-2-3-8(11)9-7/h6-7,10H,2-5H2,1H3,(H,9,11). The lowest BCUT2D eigenvalue weighted by atomic mass is 10.2. The van der Waals surface area contributed by atoms with Crippen molar-refractivity contribution in [1.82, 2.24) is 5.32 Å². The SMILES string of the molecule is CC(CO)SCC1CCC(=O)N1. The van der Waals surface area contributed by atoms with E-state index in [1.807, 2.05) is 6.92 Å². The number of rotatable bonds is 4. The molecule has 3 nitrogen and oxygen atoms in total. The van der Waals surface area contributed by atoms with Crippen molar-refractivity contribution >= 4 is 17.7 Å². The average molecular weight is 189 g/mol. The Morgan fingerprint density at radius 1 is 1.83 bits per heavy atom. The van der Waals surface area contributed by atoms with E-state index in [9.17, 15) is 4.79 Å². The molecule has 1 aliphatic rings. The first-order valence-corrected chi connectivity index (χ1v) is 5.29. The van der Waals surface area contributed by atoms with E-state index < -0.39 is 0 Å². The number of aliphatic hydroxyl groups excluding tert-OH is 1. The van der Waals surface area contributed by atoms with E-state index >= 15 is 0 Å². The Kier molecular flexibility index (Phi) is 3.88. The molecular formula is C8H15NO2S. The summed E-state index contributed by atoms with van der Waals surface area (Å²) in [6.45, 7) is 2.20. The highest BCUT2D eigenvalue weighted by Gasteiger charge is 2.20. The van der Waals surface area contributed by atoms with Crippen LogP contribution in [0.2, 0.25) is 0 Å². The lowest BCUT2D eigenvalue weighted by Crippen LogP contribution is -2.28. The Morgan fingerprint density at radius 2 is 2.58 bits per heavy atom. The minimum absolute atomic E-state index is 0.164. The molecule has 2 atom stereocenters. The third-order valence-corrected chi connectivity index (χ3v) is 3.24. The van der Waals surface area contributed by atoms with Gasteiger partial charge < -0.3 is 10.4 Å². The molecule has 70 valence electrons. The maximum absolute atomic E-state index is 10.8. The van der Waals surface area contributed by atoms with Crippen molar-refractivity contribution in [2.75, 3.05) is 12.4 Å². The minimum atomic E-state index is 0.164. The first-order valence-electron chi connectivity index (χ1n) is 4.24. The van der Waals surface area contributed by atoms with E-state index in [-0.39, 0.29) is 17.8 Å². The number of hydrogen-bond donors (Lipinski definition) is 2. The molecule has 1 saturated heterocycles. The fraction of sp³-hybridized carbons (Fsp3) is 0.875. The van der Waals surface area contributed by atoms with Gasteiger partial charge in [0, 0.05) is 23.5 Å². The number of amides is 1. The van der Waals surface area contributed by atoms with Gasteiger partial charge in [0.2, 0.25) is 5.91 Å². The molecule has 1 amide bonds. The van der Waals surface area contributed by atoms with Crippen molar-refractivity contribution in [3.8, 4) is 0 Å². The quantitative estimate of drug-likeness (QED) is 0.672. The van der Waals surface area contributed by atoms with Gasteiger partial charge in [-0.1, -0.05) is 6.92 Å². The third-order valence-electron chi connectivity index (χ3n) is 1.92. The molecule has 1 rings (SSSR count). The maximum atomic E-state index is 10.8. The molecule has 1 aliphatic heterocycles. The maximum Gasteiger partial charge on any atom is 0.220 e. The predicted octanol–water partition coefficient (Wildman–Crippen LogP) is 0.379. The molecule has 0 aromatic heterocycles. The Bertz CT molecular complexity index is 163. The van der Waals surface area contributed by atoms with Crippen molar-refractivity contribution in [2.45, 2.75) is 31.1 Å². The molecule has 4 heteroatoms. The number of thioether (sulfide) groups is 1. The summed E-state index contributed by atoms with van der Waals surface area (Å²) < 4.78 is 0. The lowest BCUT2D eigenvalue weighted by molar-refractivity contribution is -0.119. The highest BCUT2D eigenvalue weighted by atomic mass is 32.2. The Morgan fingerprint density at radius 3 is 3.08 bits per heavy atom. The highest BCUT2D eigenvalue weighted by Crippen LogP contribution is 2.16. The van der Waals surface area contributed by atoms with Gasteiger partial charge in [-0.25, -0.2) is 0 Å². The molecule has 1 heterocycles. The summed E-state index contributed by atoms with van der Waals surface area (Å²) >= 11 is 1.71. The van der Waals surface area contributed by atoms with Crippen LogP contribution in [0.4, 0.5) is 0 Å². The zero-order valence-corrected chi connectivity index (χ0v) is 8.06. The molecule has 1 fully saturated rings. The lowest BCUT2D eigenvalue weighted by Gasteiger charge is -2.12. The topological polar surface area (TPSA) is 49.3 Å². The second kappa shape index (κ2) is 4.72. The molecule has 0 aromatic carbocycles. The fourth-order valence-electron chi connectivity index (χ4n) is 1.14. The van der Waals surface area contributed by atoms with Crippen molar-refractivity contribution in [1.29, 1.82) is 0 Å². The molecule has 0 radical (unpaired) electrons. The van der Waals surface area contributed by atoms with E-state index in [0.29, 0.717) is 12.5 Å². The van der Waals surface area contributed by atoms with Crippen LogP contribution in [0.3, 0.4) is 0 Å². The second-order valence-electron chi connectivity index (χ2n) is 3.13. The summed E-state index contributed by atoms with van der Waals surface area (Å²) in [4.78, 5) is 10.8. The molecule has 0 spiro atoms. The Balaban J connectivity index is 2.11. The smallest absolute Gasteiger partial charge is 0.220 e. The van der Waals surface area contributed by atoms with Gasteiger partial charge >= 0.3 is 0 Å². The van der Waals surface area contributed by atoms with Crippen LogP contribution in [-0.2, 0) is 4.79 Å². The summed E-state index contributed by atoms with van der Waals surface area (Å²) in [5, 5.41) is 11.9. The van der Waals surface area contributed by atoms with Gasteiger partial charge in [-0.05, 0) is 6.42 Å². The van der Waals surface area contributed by atoms with Crippen LogP contribution in [0.15, 0.2) is 0 Å². The number of nitrogens with one attached hydrogen (secondary N) is 1. The van der Waals surface area contributed by atoms with E-state index in [1.54, 1.807) is 11.8 Å². The zero-order chi connectivity index (χ0) is 8.97. The number of carbonyl (C=O) groups is 1. The predicted molar refractivity (Wildman–Crippen MR) is 50.2 cm³/mol. The largest absolute Gasteiger partial charge is 0.395 e. The monoisotopic (exact) mass is 189 g/mol. The van der Waals surface area contributed by atoms with Crippen molar-refractivity contribution in [3.63, 3.8) is 0 Å². The number of carbonyl (C=O) groups excluding carboxylic acids is 1. The van der Waals surface area contributed by atoms with Crippen molar-refractivity contribution < 1.29 is 9.90 Å². The van der Waals surface area contributed by atoms with Crippen LogP contribution >= 0.6 is 11.8 Å². The number of hydrogen-bond acceptors (Lipinski definition) is 3. The molecule has 0 bridgehead atoms. The first-order chi connectivity index (χ1) is 5.72.